The number of aromatic nitrogens is 2. The quantitative estimate of drug-likeness (QED) is 0.568. The molecule has 1 N–H and O–H groups in total. The zero-order valence-electron chi connectivity index (χ0n) is 12.7. The third-order valence-corrected chi connectivity index (χ3v) is 3.76. The van der Waals surface area contributed by atoms with E-state index in [-0.39, 0.29) is 17.2 Å². The maximum absolute atomic E-state index is 12.2. The van der Waals surface area contributed by atoms with E-state index in [9.17, 15) is 9.90 Å². The fourth-order valence-electron chi connectivity index (χ4n) is 2.52. The number of phenols is 1. The summed E-state index contributed by atoms with van der Waals surface area (Å²) in [4.78, 5) is 16.5. The standard InChI is InChI=1S/C18H12N2O4/c1-10-4-2-3-5-13(10)16-19-17(24-20-16)14-8-11-6-7-12(21)9-15(11)23-18(14)22/h2-9,21H,1H3. The Labute approximate surface area is 136 Å². The summed E-state index contributed by atoms with van der Waals surface area (Å²) in [6, 6.07) is 13.8. The lowest BCUT2D eigenvalue weighted by Crippen LogP contribution is -2.02. The number of nitrogens with zero attached hydrogens (tertiary/aromatic N) is 2. The van der Waals surface area contributed by atoms with Gasteiger partial charge in [-0.15, -0.1) is 0 Å². The van der Waals surface area contributed by atoms with Gasteiger partial charge in [0.15, 0.2) is 0 Å². The average Bonchev–Trinajstić information content (AvgIpc) is 3.04. The van der Waals surface area contributed by atoms with Crippen molar-refractivity contribution in [3.05, 3.63) is 64.5 Å². The molecule has 2 heterocycles. The van der Waals surface area contributed by atoms with Crippen LogP contribution in [0.2, 0.25) is 0 Å². The smallest absolute Gasteiger partial charge is 0.349 e. The highest BCUT2D eigenvalue weighted by atomic mass is 16.5. The Morgan fingerprint density at radius 1 is 1.04 bits per heavy atom. The third kappa shape index (κ3) is 2.34. The molecule has 4 aromatic rings. The molecule has 4 rings (SSSR count). The third-order valence-electron chi connectivity index (χ3n) is 3.76. The van der Waals surface area contributed by atoms with Crippen LogP contribution in [-0.4, -0.2) is 15.2 Å². The maximum Gasteiger partial charge on any atom is 0.349 e. The van der Waals surface area contributed by atoms with Crippen molar-refractivity contribution >= 4 is 11.0 Å². The molecular weight excluding hydrogens is 308 g/mol. The van der Waals surface area contributed by atoms with Crippen molar-refractivity contribution in [2.24, 2.45) is 0 Å². The van der Waals surface area contributed by atoms with Crippen LogP contribution >= 0.6 is 0 Å². The zero-order chi connectivity index (χ0) is 16.7. The highest BCUT2D eigenvalue weighted by molar-refractivity contribution is 5.81. The summed E-state index contributed by atoms with van der Waals surface area (Å²) in [6.07, 6.45) is 0. The molecule has 2 aromatic carbocycles. The van der Waals surface area contributed by atoms with Crippen molar-refractivity contribution in [2.75, 3.05) is 0 Å². The van der Waals surface area contributed by atoms with Crippen LogP contribution in [0.3, 0.4) is 0 Å². The van der Waals surface area contributed by atoms with Crippen LogP contribution in [0.4, 0.5) is 0 Å². The van der Waals surface area contributed by atoms with Gasteiger partial charge in [-0.3, -0.25) is 0 Å². The summed E-state index contributed by atoms with van der Waals surface area (Å²) >= 11 is 0. The number of fused-ring (bicyclic) bond motifs is 1. The number of benzene rings is 2. The first-order chi connectivity index (χ1) is 11.6. The molecule has 0 aliphatic carbocycles. The summed E-state index contributed by atoms with van der Waals surface area (Å²) in [5, 5.41) is 14.1. The molecule has 24 heavy (non-hydrogen) atoms. The van der Waals surface area contributed by atoms with Gasteiger partial charge in [-0.1, -0.05) is 29.4 Å². The van der Waals surface area contributed by atoms with E-state index in [0.29, 0.717) is 16.8 Å². The predicted molar refractivity (Wildman–Crippen MR) is 87.6 cm³/mol. The van der Waals surface area contributed by atoms with Gasteiger partial charge in [0.25, 0.3) is 5.89 Å². The first-order valence-corrected chi connectivity index (χ1v) is 7.29. The average molecular weight is 320 g/mol. The molecule has 0 aliphatic heterocycles. The van der Waals surface area contributed by atoms with Gasteiger partial charge in [-0.05, 0) is 30.7 Å². The van der Waals surface area contributed by atoms with Crippen molar-refractivity contribution in [1.29, 1.82) is 0 Å². The first kappa shape index (κ1) is 14.2. The Bertz CT molecular complexity index is 1110. The van der Waals surface area contributed by atoms with E-state index in [1.807, 2.05) is 31.2 Å². The van der Waals surface area contributed by atoms with E-state index in [0.717, 1.165) is 11.1 Å². The van der Waals surface area contributed by atoms with Crippen LogP contribution < -0.4 is 5.63 Å². The number of hydrogen-bond donors (Lipinski definition) is 1. The second-order valence-electron chi connectivity index (χ2n) is 5.41. The molecule has 2 aromatic heterocycles. The van der Waals surface area contributed by atoms with Gasteiger partial charge in [0.05, 0.1) is 0 Å². The minimum absolute atomic E-state index is 0.0260. The van der Waals surface area contributed by atoms with E-state index in [1.54, 1.807) is 12.1 Å². The number of aryl methyl sites for hydroxylation is 1. The highest BCUT2D eigenvalue weighted by Gasteiger charge is 2.17. The summed E-state index contributed by atoms with van der Waals surface area (Å²) in [5.74, 6) is 0.531. The molecule has 6 nitrogen and oxygen atoms in total. The molecule has 0 bridgehead atoms. The lowest BCUT2D eigenvalue weighted by molar-refractivity contribution is 0.429. The van der Waals surface area contributed by atoms with Crippen LogP contribution in [0.5, 0.6) is 5.75 Å². The lowest BCUT2D eigenvalue weighted by Gasteiger charge is -1.99. The van der Waals surface area contributed by atoms with Crippen LogP contribution in [0, 0.1) is 6.92 Å². The summed E-state index contributed by atoms with van der Waals surface area (Å²) in [7, 11) is 0. The van der Waals surface area contributed by atoms with Gasteiger partial charge in [-0.25, -0.2) is 4.79 Å². The van der Waals surface area contributed by atoms with E-state index < -0.39 is 5.63 Å². The minimum atomic E-state index is -0.604. The van der Waals surface area contributed by atoms with Crippen LogP contribution in [0.15, 0.2) is 62.3 Å². The van der Waals surface area contributed by atoms with Gasteiger partial charge in [0, 0.05) is 17.0 Å². The van der Waals surface area contributed by atoms with Crippen LogP contribution in [-0.2, 0) is 0 Å². The van der Waals surface area contributed by atoms with Crippen molar-refractivity contribution in [3.63, 3.8) is 0 Å². The molecule has 0 atom stereocenters. The van der Waals surface area contributed by atoms with Crippen molar-refractivity contribution in [1.82, 2.24) is 10.1 Å². The summed E-state index contributed by atoms with van der Waals surface area (Å²) in [6.45, 7) is 1.95. The molecule has 0 radical (unpaired) electrons. The van der Waals surface area contributed by atoms with E-state index in [2.05, 4.69) is 10.1 Å². The van der Waals surface area contributed by atoms with Crippen molar-refractivity contribution in [3.8, 4) is 28.6 Å². The minimum Gasteiger partial charge on any atom is -0.508 e. The van der Waals surface area contributed by atoms with Crippen molar-refractivity contribution < 1.29 is 14.0 Å². The second kappa shape index (κ2) is 5.34. The molecule has 0 saturated heterocycles. The predicted octanol–water partition coefficient (Wildman–Crippen LogP) is 3.52. The summed E-state index contributed by atoms with van der Waals surface area (Å²) in [5.41, 5.74) is 1.71. The molecule has 0 fully saturated rings. The Hall–Kier alpha value is -3.41. The van der Waals surface area contributed by atoms with Gasteiger partial charge in [0.1, 0.15) is 16.9 Å². The molecule has 0 spiro atoms. The number of rotatable bonds is 2. The van der Waals surface area contributed by atoms with Gasteiger partial charge in [0.2, 0.25) is 5.82 Å². The van der Waals surface area contributed by atoms with E-state index in [1.165, 1.54) is 12.1 Å². The largest absolute Gasteiger partial charge is 0.508 e. The number of aromatic hydroxyl groups is 1. The maximum atomic E-state index is 12.2. The SMILES string of the molecule is Cc1ccccc1-c1noc(-c2cc3ccc(O)cc3oc2=O)n1. The zero-order valence-corrected chi connectivity index (χ0v) is 12.7. The molecule has 0 saturated carbocycles. The van der Waals surface area contributed by atoms with Crippen LogP contribution in [0.25, 0.3) is 33.8 Å². The molecule has 118 valence electrons. The van der Waals surface area contributed by atoms with Crippen LogP contribution in [0.1, 0.15) is 5.56 Å². The topological polar surface area (TPSA) is 89.4 Å². The van der Waals surface area contributed by atoms with Gasteiger partial charge >= 0.3 is 5.63 Å². The van der Waals surface area contributed by atoms with E-state index in [4.69, 9.17) is 8.94 Å². The Morgan fingerprint density at radius 3 is 2.71 bits per heavy atom. The van der Waals surface area contributed by atoms with E-state index >= 15 is 0 Å². The summed E-state index contributed by atoms with van der Waals surface area (Å²) < 4.78 is 10.5. The Morgan fingerprint density at radius 2 is 1.88 bits per heavy atom. The molecule has 6 heteroatoms. The lowest BCUT2D eigenvalue weighted by atomic mass is 10.1. The Balaban J connectivity index is 1.84. The fraction of sp³-hybridized carbons (Fsp3) is 0.0556. The van der Waals surface area contributed by atoms with Gasteiger partial charge < -0.3 is 14.0 Å². The molecular formula is C18H12N2O4. The van der Waals surface area contributed by atoms with Gasteiger partial charge in [-0.2, -0.15) is 4.98 Å². The monoisotopic (exact) mass is 320 g/mol. The van der Waals surface area contributed by atoms with Crippen molar-refractivity contribution in [2.45, 2.75) is 6.92 Å². The Kier molecular flexibility index (Phi) is 3.16. The molecule has 0 unspecified atom stereocenters. The first-order valence-electron chi connectivity index (χ1n) is 7.29. The molecule has 0 amide bonds. The number of phenolic OH excluding ortho intramolecular Hbond substituents is 1. The normalized spacial score (nSPS) is 11.0. The highest BCUT2D eigenvalue weighted by Crippen LogP contribution is 2.25. The molecule has 0 aliphatic rings. The number of hydrogen-bond acceptors (Lipinski definition) is 6. The fourth-order valence-corrected chi connectivity index (χ4v) is 2.52. The second-order valence-corrected chi connectivity index (χ2v) is 5.41.